The van der Waals surface area contributed by atoms with E-state index in [1.807, 2.05) is 0 Å². The number of aliphatic carboxylic acids is 1. The smallest absolute Gasteiger partial charge is 0.323 e. The standard InChI is InChI=1S/C13H15ClFNO4/c1-8(2)16(6-13(18)19)12(17)7-20-9-3-4-11(15)10(14)5-9/h3-5,8H,6-7H2,1-2H3,(H,18,19). The van der Waals surface area contributed by atoms with E-state index < -0.39 is 24.2 Å². The van der Waals surface area contributed by atoms with Gasteiger partial charge in [-0.3, -0.25) is 9.59 Å². The van der Waals surface area contributed by atoms with E-state index in [1.54, 1.807) is 13.8 Å². The van der Waals surface area contributed by atoms with E-state index in [0.717, 1.165) is 6.07 Å². The van der Waals surface area contributed by atoms with E-state index in [9.17, 15) is 14.0 Å². The third-order valence-corrected chi connectivity index (χ3v) is 2.79. The van der Waals surface area contributed by atoms with Crippen LogP contribution in [0.4, 0.5) is 4.39 Å². The predicted octanol–water partition coefficient (Wildman–Crippen LogP) is 2.18. The Bertz CT molecular complexity index is 507. The summed E-state index contributed by atoms with van der Waals surface area (Å²) in [6.07, 6.45) is 0. The fourth-order valence-corrected chi connectivity index (χ4v) is 1.67. The van der Waals surface area contributed by atoms with Crippen LogP contribution in [-0.4, -0.2) is 41.1 Å². The largest absolute Gasteiger partial charge is 0.484 e. The quantitative estimate of drug-likeness (QED) is 0.874. The number of amides is 1. The van der Waals surface area contributed by atoms with Crippen molar-refractivity contribution < 1.29 is 23.8 Å². The van der Waals surface area contributed by atoms with Gasteiger partial charge in [-0.1, -0.05) is 11.6 Å². The Labute approximate surface area is 120 Å². The van der Waals surface area contributed by atoms with Gasteiger partial charge in [0.15, 0.2) is 6.61 Å². The second kappa shape index (κ2) is 7.09. The lowest BCUT2D eigenvalue weighted by atomic mass is 10.3. The first-order chi connectivity index (χ1) is 9.31. The summed E-state index contributed by atoms with van der Waals surface area (Å²) in [5.41, 5.74) is 0. The highest BCUT2D eigenvalue weighted by molar-refractivity contribution is 6.30. The van der Waals surface area contributed by atoms with Crippen molar-refractivity contribution in [3.8, 4) is 5.75 Å². The fraction of sp³-hybridized carbons (Fsp3) is 0.385. The molecule has 0 heterocycles. The molecule has 1 N–H and O–H groups in total. The zero-order valence-corrected chi connectivity index (χ0v) is 11.9. The van der Waals surface area contributed by atoms with E-state index in [1.165, 1.54) is 17.0 Å². The maximum Gasteiger partial charge on any atom is 0.323 e. The topological polar surface area (TPSA) is 66.8 Å². The number of hydrogen-bond acceptors (Lipinski definition) is 3. The minimum atomic E-state index is -1.10. The number of halogens is 2. The minimum Gasteiger partial charge on any atom is -0.484 e. The van der Waals surface area contributed by atoms with E-state index >= 15 is 0 Å². The summed E-state index contributed by atoms with van der Waals surface area (Å²) in [6, 6.07) is 3.45. The summed E-state index contributed by atoms with van der Waals surface area (Å²) in [7, 11) is 0. The van der Waals surface area contributed by atoms with Gasteiger partial charge in [0, 0.05) is 12.1 Å². The summed E-state index contributed by atoms with van der Waals surface area (Å²) in [4.78, 5) is 23.7. The van der Waals surface area contributed by atoms with Crippen LogP contribution < -0.4 is 4.74 Å². The van der Waals surface area contributed by atoms with Gasteiger partial charge in [0.1, 0.15) is 18.1 Å². The van der Waals surface area contributed by atoms with Crippen LogP contribution in [0.15, 0.2) is 18.2 Å². The molecule has 5 nitrogen and oxygen atoms in total. The summed E-state index contributed by atoms with van der Waals surface area (Å²) in [5, 5.41) is 8.63. The first-order valence-corrected chi connectivity index (χ1v) is 6.28. The van der Waals surface area contributed by atoms with Crippen LogP contribution in [-0.2, 0) is 9.59 Å². The molecular weight excluding hydrogens is 289 g/mol. The summed E-state index contributed by atoms with van der Waals surface area (Å²) in [5.74, 6) is -1.91. The summed E-state index contributed by atoms with van der Waals surface area (Å²) >= 11 is 5.58. The highest BCUT2D eigenvalue weighted by Gasteiger charge is 2.20. The fourth-order valence-electron chi connectivity index (χ4n) is 1.50. The van der Waals surface area contributed by atoms with E-state index in [4.69, 9.17) is 21.4 Å². The Morgan fingerprint density at radius 3 is 2.60 bits per heavy atom. The maximum atomic E-state index is 12.9. The Balaban J connectivity index is 2.64. The molecule has 0 aliphatic carbocycles. The average molecular weight is 304 g/mol. The van der Waals surface area contributed by atoms with Crippen molar-refractivity contribution in [1.29, 1.82) is 0 Å². The summed E-state index contributed by atoms with van der Waals surface area (Å²) in [6.45, 7) is 2.67. The van der Waals surface area contributed by atoms with Gasteiger partial charge in [0.2, 0.25) is 0 Å². The van der Waals surface area contributed by atoms with Gasteiger partial charge in [-0.2, -0.15) is 0 Å². The second-order valence-electron chi connectivity index (χ2n) is 4.37. The lowest BCUT2D eigenvalue weighted by molar-refractivity contribution is -0.146. The van der Waals surface area contributed by atoms with Crippen molar-refractivity contribution in [3.05, 3.63) is 29.0 Å². The highest BCUT2D eigenvalue weighted by Crippen LogP contribution is 2.21. The number of carboxylic acid groups (broad SMARTS) is 1. The molecule has 0 saturated heterocycles. The SMILES string of the molecule is CC(C)N(CC(=O)O)C(=O)COc1ccc(F)c(Cl)c1. The third-order valence-electron chi connectivity index (χ3n) is 2.50. The molecule has 0 aliphatic rings. The molecule has 1 rings (SSSR count). The van der Waals surface area contributed by atoms with E-state index in [-0.39, 0.29) is 23.4 Å². The number of ether oxygens (including phenoxy) is 1. The zero-order chi connectivity index (χ0) is 15.3. The van der Waals surface area contributed by atoms with Crippen LogP contribution >= 0.6 is 11.6 Å². The number of benzene rings is 1. The molecule has 110 valence electrons. The molecule has 0 atom stereocenters. The van der Waals surface area contributed by atoms with Crippen LogP contribution in [0.2, 0.25) is 5.02 Å². The maximum absolute atomic E-state index is 12.9. The molecule has 0 radical (unpaired) electrons. The lowest BCUT2D eigenvalue weighted by Crippen LogP contribution is -2.43. The number of rotatable bonds is 6. The molecule has 7 heteroatoms. The highest BCUT2D eigenvalue weighted by atomic mass is 35.5. The van der Waals surface area contributed by atoms with Crippen LogP contribution in [0, 0.1) is 5.82 Å². The molecule has 1 amide bonds. The Hall–Kier alpha value is -1.82. The van der Waals surface area contributed by atoms with Gasteiger partial charge in [-0.05, 0) is 26.0 Å². The molecule has 0 aromatic heterocycles. The Kier molecular flexibility index (Phi) is 5.76. The van der Waals surface area contributed by atoms with Crippen molar-refractivity contribution in [1.82, 2.24) is 4.90 Å². The molecule has 0 spiro atoms. The van der Waals surface area contributed by atoms with Crippen molar-refractivity contribution in [2.45, 2.75) is 19.9 Å². The van der Waals surface area contributed by atoms with Gasteiger partial charge in [0.05, 0.1) is 5.02 Å². The first kappa shape index (κ1) is 16.2. The van der Waals surface area contributed by atoms with Crippen molar-refractivity contribution in [2.24, 2.45) is 0 Å². The molecule has 0 saturated carbocycles. The number of carboxylic acids is 1. The van der Waals surface area contributed by atoms with Gasteiger partial charge in [-0.15, -0.1) is 0 Å². The Morgan fingerprint density at radius 2 is 2.10 bits per heavy atom. The number of carbonyl (C=O) groups is 2. The van der Waals surface area contributed by atoms with Crippen LogP contribution in [0.3, 0.4) is 0 Å². The van der Waals surface area contributed by atoms with Gasteiger partial charge in [-0.25, -0.2) is 4.39 Å². The zero-order valence-electron chi connectivity index (χ0n) is 11.1. The molecular formula is C13H15ClFNO4. The van der Waals surface area contributed by atoms with Crippen molar-refractivity contribution in [2.75, 3.05) is 13.2 Å². The molecule has 0 unspecified atom stereocenters. The number of carbonyl (C=O) groups excluding carboxylic acids is 1. The predicted molar refractivity (Wildman–Crippen MR) is 71.4 cm³/mol. The normalized spacial score (nSPS) is 10.4. The monoisotopic (exact) mass is 303 g/mol. The van der Waals surface area contributed by atoms with E-state index in [0.29, 0.717) is 0 Å². The van der Waals surface area contributed by atoms with Crippen LogP contribution in [0.1, 0.15) is 13.8 Å². The van der Waals surface area contributed by atoms with Crippen molar-refractivity contribution in [3.63, 3.8) is 0 Å². The average Bonchev–Trinajstić information content (AvgIpc) is 2.36. The molecule has 1 aromatic rings. The van der Waals surface area contributed by atoms with Crippen molar-refractivity contribution >= 4 is 23.5 Å². The number of hydrogen-bond donors (Lipinski definition) is 1. The molecule has 0 fully saturated rings. The van der Waals surface area contributed by atoms with Gasteiger partial charge in [0.25, 0.3) is 5.91 Å². The first-order valence-electron chi connectivity index (χ1n) is 5.90. The second-order valence-corrected chi connectivity index (χ2v) is 4.78. The van der Waals surface area contributed by atoms with Crippen LogP contribution in [0.5, 0.6) is 5.75 Å². The molecule has 1 aromatic carbocycles. The lowest BCUT2D eigenvalue weighted by Gasteiger charge is -2.24. The molecule has 0 bridgehead atoms. The van der Waals surface area contributed by atoms with Gasteiger partial charge < -0.3 is 14.7 Å². The van der Waals surface area contributed by atoms with Crippen LogP contribution in [0.25, 0.3) is 0 Å². The Morgan fingerprint density at radius 1 is 1.45 bits per heavy atom. The molecule has 20 heavy (non-hydrogen) atoms. The van der Waals surface area contributed by atoms with Gasteiger partial charge >= 0.3 is 5.97 Å². The van der Waals surface area contributed by atoms with E-state index in [2.05, 4.69) is 0 Å². The third kappa shape index (κ3) is 4.70. The minimum absolute atomic E-state index is 0.110. The molecule has 0 aliphatic heterocycles. The summed E-state index contributed by atoms with van der Waals surface area (Å²) < 4.78 is 18.1. The number of nitrogens with zero attached hydrogens (tertiary/aromatic N) is 1.